The van der Waals surface area contributed by atoms with E-state index in [1.165, 1.54) is 0 Å². The molecule has 0 aromatic rings. The SMILES string of the molecule is C=CCN1CCCNC(=O)C1CN. The molecule has 1 rings (SSSR count). The van der Waals surface area contributed by atoms with E-state index in [1.807, 2.05) is 0 Å². The van der Waals surface area contributed by atoms with Crippen molar-refractivity contribution in [1.82, 2.24) is 10.2 Å². The fraction of sp³-hybridized carbons (Fsp3) is 0.667. The number of carbonyl (C=O) groups is 1. The normalized spacial score (nSPS) is 25.0. The third-order valence-corrected chi connectivity index (χ3v) is 2.25. The van der Waals surface area contributed by atoms with Crippen LogP contribution in [-0.4, -0.2) is 43.0 Å². The summed E-state index contributed by atoms with van der Waals surface area (Å²) in [6, 6.07) is -0.180. The Morgan fingerprint density at radius 1 is 1.77 bits per heavy atom. The first-order chi connectivity index (χ1) is 6.29. The molecular formula is C9H17N3O. The van der Waals surface area contributed by atoms with Gasteiger partial charge in [-0.2, -0.15) is 0 Å². The highest BCUT2D eigenvalue weighted by Gasteiger charge is 2.25. The summed E-state index contributed by atoms with van der Waals surface area (Å²) >= 11 is 0. The molecule has 1 aliphatic heterocycles. The summed E-state index contributed by atoms with van der Waals surface area (Å²) in [6.07, 6.45) is 2.79. The zero-order valence-electron chi connectivity index (χ0n) is 7.83. The number of carbonyl (C=O) groups excluding carboxylic acids is 1. The quantitative estimate of drug-likeness (QED) is 0.570. The topological polar surface area (TPSA) is 58.4 Å². The monoisotopic (exact) mass is 183 g/mol. The fourth-order valence-electron chi connectivity index (χ4n) is 1.57. The standard InChI is InChI=1S/C9H17N3O/c1-2-5-12-6-3-4-11-9(13)8(12)7-10/h2,8H,1,3-7,10H2,(H,11,13). The van der Waals surface area contributed by atoms with Gasteiger partial charge < -0.3 is 11.1 Å². The predicted octanol–water partition coefficient (Wildman–Crippen LogP) is -0.678. The van der Waals surface area contributed by atoms with E-state index in [1.54, 1.807) is 6.08 Å². The number of amides is 1. The highest BCUT2D eigenvalue weighted by atomic mass is 16.2. The van der Waals surface area contributed by atoms with Crippen LogP contribution in [0, 0.1) is 0 Å². The molecule has 74 valence electrons. The van der Waals surface area contributed by atoms with Crippen molar-refractivity contribution in [3.63, 3.8) is 0 Å². The van der Waals surface area contributed by atoms with Gasteiger partial charge in [0.2, 0.25) is 5.91 Å². The van der Waals surface area contributed by atoms with Crippen LogP contribution in [0.25, 0.3) is 0 Å². The van der Waals surface area contributed by atoms with Crippen LogP contribution in [-0.2, 0) is 4.79 Å². The molecule has 13 heavy (non-hydrogen) atoms. The molecular weight excluding hydrogens is 166 g/mol. The second kappa shape index (κ2) is 4.99. The van der Waals surface area contributed by atoms with Gasteiger partial charge in [-0.1, -0.05) is 6.08 Å². The summed E-state index contributed by atoms with van der Waals surface area (Å²) in [6.45, 7) is 6.43. The van der Waals surface area contributed by atoms with Gasteiger partial charge in [0.1, 0.15) is 6.04 Å². The molecule has 0 aromatic carbocycles. The summed E-state index contributed by atoms with van der Waals surface area (Å²) in [4.78, 5) is 13.5. The minimum Gasteiger partial charge on any atom is -0.355 e. The van der Waals surface area contributed by atoms with Crippen molar-refractivity contribution in [2.45, 2.75) is 12.5 Å². The zero-order valence-corrected chi connectivity index (χ0v) is 7.83. The van der Waals surface area contributed by atoms with Crippen LogP contribution in [0.5, 0.6) is 0 Å². The molecule has 4 nitrogen and oxygen atoms in total. The van der Waals surface area contributed by atoms with Gasteiger partial charge in [0.15, 0.2) is 0 Å². The van der Waals surface area contributed by atoms with Crippen molar-refractivity contribution >= 4 is 5.91 Å². The molecule has 0 aliphatic carbocycles. The van der Waals surface area contributed by atoms with Gasteiger partial charge in [0, 0.05) is 26.2 Å². The lowest BCUT2D eigenvalue weighted by molar-refractivity contribution is -0.124. The van der Waals surface area contributed by atoms with Gasteiger partial charge >= 0.3 is 0 Å². The second-order valence-electron chi connectivity index (χ2n) is 3.18. The van der Waals surface area contributed by atoms with E-state index >= 15 is 0 Å². The van der Waals surface area contributed by atoms with Crippen molar-refractivity contribution in [2.75, 3.05) is 26.2 Å². The summed E-state index contributed by atoms with van der Waals surface area (Å²) in [7, 11) is 0. The Morgan fingerprint density at radius 2 is 2.54 bits per heavy atom. The Bertz CT molecular complexity index is 193. The van der Waals surface area contributed by atoms with Crippen LogP contribution >= 0.6 is 0 Å². The van der Waals surface area contributed by atoms with E-state index in [4.69, 9.17) is 5.73 Å². The van der Waals surface area contributed by atoms with E-state index in [-0.39, 0.29) is 11.9 Å². The van der Waals surface area contributed by atoms with Crippen molar-refractivity contribution < 1.29 is 4.79 Å². The van der Waals surface area contributed by atoms with Gasteiger partial charge in [-0.05, 0) is 6.42 Å². The molecule has 0 radical (unpaired) electrons. The average Bonchev–Trinajstić information content (AvgIpc) is 2.28. The zero-order chi connectivity index (χ0) is 9.68. The average molecular weight is 183 g/mol. The maximum atomic E-state index is 11.5. The van der Waals surface area contributed by atoms with Crippen LogP contribution < -0.4 is 11.1 Å². The van der Waals surface area contributed by atoms with E-state index in [2.05, 4.69) is 16.8 Å². The Morgan fingerprint density at radius 3 is 3.15 bits per heavy atom. The molecule has 1 heterocycles. The molecule has 0 saturated carbocycles. The van der Waals surface area contributed by atoms with Crippen LogP contribution in [0.2, 0.25) is 0 Å². The smallest absolute Gasteiger partial charge is 0.238 e. The number of rotatable bonds is 3. The van der Waals surface area contributed by atoms with Gasteiger partial charge in [-0.25, -0.2) is 0 Å². The maximum Gasteiger partial charge on any atom is 0.238 e. The molecule has 1 amide bonds. The first kappa shape index (κ1) is 10.2. The third-order valence-electron chi connectivity index (χ3n) is 2.25. The Labute approximate surface area is 78.8 Å². The molecule has 4 heteroatoms. The lowest BCUT2D eigenvalue weighted by Gasteiger charge is -2.25. The van der Waals surface area contributed by atoms with E-state index in [0.29, 0.717) is 6.54 Å². The number of nitrogens with two attached hydrogens (primary N) is 1. The van der Waals surface area contributed by atoms with Gasteiger partial charge in [0.05, 0.1) is 0 Å². The summed E-state index contributed by atoms with van der Waals surface area (Å²) in [5.41, 5.74) is 5.55. The lowest BCUT2D eigenvalue weighted by atomic mass is 10.2. The Balaban J connectivity index is 2.64. The van der Waals surface area contributed by atoms with Gasteiger partial charge in [-0.15, -0.1) is 6.58 Å². The molecule has 0 aromatic heterocycles. The Hall–Kier alpha value is -0.870. The second-order valence-corrected chi connectivity index (χ2v) is 3.18. The molecule has 0 bridgehead atoms. The first-order valence-corrected chi connectivity index (χ1v) is 4.62. The van der Waals surface area contributed by atoms with E-state index in [9.17, 15) is 4.79 Å². The maximum absolute atomic E-state index is 11.5. The molecule has 1 fully saturated rings. The summed E-state index contributed by atoms with van der Waals surface area (Å²) in [5, 5.41) is 2.84. The van der Waals surface area contributed by atoms with E-state index in [0.717, 1.165) is 26.1 Å². The van der Waals surface area contributed by atoms with Crippen molar-refractivity contribution in [1.29, 1.82) is 0 Å². The van der Waals surface area contributed by atoms with Crippen molar-refractivity contribution in [3.8, 4) is 0 Å². The van der Waals surface area contributed by atoms with Gasteiger partial charge in [0.25, 0.3) is 0 Å². The van der Waals surface area contributed by atoms with Gasteiger partial charge in [-0.3, -0.25) is 9.69 Å². The molecule has 0 spiro atoms. The highest BCUT2D eigenvalue weighted by Crippen LogP contribution is 2.03. The fourth-order valence-corrected chi connectivity index (χ4v) is 1.57. The minimum absolute atomic E-state index is 0.0434. The van der Waals surface area contributed by atoms with Crippen LogP contribution in [0.3, 0.4) is 0 Å². The number of hydrogen-bond acceptors (Lipinski definition) is 3. The van der Waals surface area contributed by atoms with Crippen LogP contribution in [0.1, 0.15) is 6.42 Å². The highest BCUT2D eigenvalue weighted by molar-refractivity contribution is 5.82. The summed E-state index contributed by atoms with van der Waals surface area (Å²) < 4.78 is 0. The van der Waals surface area contributed by atoms with Crippen LogP contribution in [0.4, 0.5) is 0 Å². The first-order valence-electron chi connectivity index (χ1n) is 4.62. The molecule has 3 N–H and O–H groups in total. The number of nitrogens with zero attached hydrogens (tertiary/aromatic N) is 1. The molecule has 1 aliphatic rings. The minimum atomic E-state index is -0.180. The predicted molar refractivity (Wildman–Crippen MR) is 52.2 cm³/mol. The lowest BCUT2D eigenvalue weighted by Crippen LogP contribution is -2.48. The summed E-state index contributed by atoms with van der Waals surface area (Å²) in [5.74, 6) is 0.0434. The third kappa shape index (κ3) is 2.54. The largest absolute Gasteiger partial charge is 0.355 e. The molecule has 1 unspecified atom stereocenters. The molecule has 1 atom stereocenters. The van der Waals surface area contributed by atoms with Crippen LogP contribution in [0.15, 0.2) is 12.7 Å². The van der Waals surface area contributed by atoms with Crippen molar-refractivity contribution in [2.24, 2.45) is 5.73 Å². The Kier molecular flexibility index (Phi) is 3.92. The van der Waals surface area contributed by atoms with E-state index < -0.39 is 0 Å². The number of nitrogens with one attached hydrogen (secondary N) is 1. The molecule has 1 saturated heterocycles. The van der Waals surface area contributed by atoms with Crippen molar-refractivity contribution in [3.05, 3.63) is 12.7 Å². The number of hydrogen-bond donors (Lipinski definition) is 2.